The van der Waals surface area contributed by atoms with Crippen molar-refractivity contribution in [2.24, 2.45) is 17.6 Å². The number of benzene rings is 1. The first-order chi connectivity index (χ1) is 11.1. The second-order valence-corrected chi connectivity index (χ2v) is 6.94. The summed E-state index contributed by atoms with van der Waals surface area (Å²) in [6, 6.07) is 5.58. The molecule has 0 saturated heterocycles. The molecule has 1 aromatic carbocycles. The van der Waals surface area contributed by atoms with Crippen molar-refractivity contribution in [2.75, 3.05) is 17.2 Å². The molecule has 0 unspecified atom stereocenters. The van der Waals surface area contributed by atoms with Crippen LogP contribution in [0.3, 0.4) is 0 Å². The summed E-state index contributed by atoms with van der Waals surface area (Å²) in [5.74, 6) is 0.191. The summed E-state index contributed by atoms with van der Waals surface area (Å²) in [5.41, 5.74) is 7.31. The molecule has 1 saturated carbocycles. The van der Waals surface area contributed by atoms with E-state index in [1.165, 1.54) is 18.3 Å². The Kier molecular flexibility index (Phi) is 8.08. The number of nitrogens with two attached hydrogens (primary N) is 1. The molecule has 0 spiro atoms. The number of carbonyl (C=O) groups excluding carboxylic acids is 2. The smallest absolute Gasteiger partial charge is 0.227 e. The summed E-state index contributed by atoms with van der Waals surface area (Å²) in [5, 5.41) is 6.23. The molecule has 1 aromatic heterocycles. The lowest BCUT2D eigenvalue weighted by Gasteiger charge is -2.17. The first-order valence-electron chi connectivity index (χ1n) is 7.76. The van der Waals surface area contributed by atoms with Crippen molar-refractivity contribution >= 4 is 69.0 Å². The maximum Gasteiger partial charge on any atom is 0.227 e. The normalized spacial score (nSPS) is 19.0. The third kappa shape index (κ3) is 5.04. The number of thiazole rings is 1. The second kappa shape index (κ2) is 9.33. The van der Waals surface area contributed by atoms with Gasteiger partial charge in [-0.25, -0.2) is 4.98 Å². The lowest BCUT2D eigenvalue weighted by molar-refractivity contribution is -0.120. The predicted molar refractivity (Wildman–Crippen MR) is 107 cm³/mol. The Morgan fingerprint density at radius 3 is 2.72 bits per heavy atom. The third-order valence-corrected chi connectivity index (χ3v) is 5.17. The summed E-state index contributed by atoms with van der Waals surface area (Å²) in [6.45, 7) is 2.01. The molecule has 2 atom stereocenters. The van der Waals surface area contributed by atoms with Gasteiger partial charge in [-0.15, -0.1) is 24.8 Å². The number of anilines is 2. The van der Waals surface area contributed by atoms with Crippen LogP contribution in [0.1, 0.15) is 26.2 Å². The van der Waals surface area contributed by atoms with Crippen LogP contribution in [0.25, 0.3) is 10.2 Å². The molecule has 6 nitrogen and oxygen atoms in total. The Morgan fingerprint density at radius 1 is 1.28 bits per heavy atom. The summed E-state index contributed by atoms with van der Waals surface area (Å²) >= 11 is 1.39. The molecule has 25 heavy (non-hydrogen) atoms. The summed E-state index contributed by atoms with van der Waals surface area (Å²) in [6.07, 6.45) is 3.00. The zero-order valence-electron chi connectivity index (χ0n) is 13.8. The summed E-state index contributed by atoms with van der Waals surface area (Å²) < 4.78 is 0.924. The lowest BCUT2D eigenvalue weighted by Crippen LogP contribution is -2.29. The number of hydrogen-bond donors (Lipinski definition) is 3. The highest BCUT2D eigenvalue weighted by molar-refractivity contribution is 7.22. The van der Waals surface area contributed by atoms with Crippen molar-refractivity contribution in [3.63, 3.8) is 0 Å². The first kappa shape index (κ1) is 21.6. The molecular formula is C16H22Cl2N4O2S. The molecular weight excluding hydrogens is 383 g/mol. The van der Waals surface area contributed by atoms with E-state index >= 15 is 0 Å². The Bertz CT molecular complexity index is 753. The van der Waals surface area contributed by atoms with Crippen LogP contribution in [0.5, 0.6) is 0 Å². The molecule has 1 aliphatic carbocycles. The predicted octanol–water partition coefficient (Wildman–Crippen LogP) is 3.41. The van der Waals surface area contributed by atoms with Gasteiger partial charge in [0.15, 0.2) is 5.13 Å². The van der Waals surface area contributed by atoms with E-state index in [0.717, 1.165) is 35.2 Å². The van der Waals surface area contributed by atoms with Crippen LogP contribution in [0.2, 0.25) is 0 Å². The number of rotatable bonds is 4. The molecule has 4 N–H and O–H groups in total. The van der Waals surface area contributed by atoms with Crippen molar-refractivity contribution in [3.8, 4) is 0 Å². The molecule has 1 aliphatic rings. The number of amides is 2. The Balaban J connectivity index is 0.00000156. The number of nitrogens with zero attached hydrogens (tertiary/aromatic N) is 1. The van der Waals surface area contributed by atoms with Gasteiger partial charge in [0, 0.05) is 18.5 Å². The van der Waals surface area contributed by atoms with Gasteiger partial charge in [0.2, 0.25) is 11.8 Å². The zero-order valence-corrected chi connectivity index (χ0v) is 16.2. The highest BCUT2D eigenvalue weighted by atomic mass is 35.5. The van der Waals surface area contributed by atoms with Gasteiger partial charge in [0.1, 0.15) is 0 Å². The largest absolute Gasteiger partial charge is 0.330 e. The Morgan fingerprint density at radius 2 is 2.04 bits per heavy atom. The molecule has 3 rings (SSSR count). The van der Waals surface area contributed by atoms with E-state index in [9.17, 15) is 9.59 Å². The standard InChI is InChI=1S/C16H20N4O2S.2ClH/c1-9(21)18-16-20-13-6-5-11(7-14(13)23-16)19-15(22)12-4-2-3-10(12)8-17;;/h5-7,10,12H,2-4,8,17H2,1H3,(H,19,22)(H,18,20,21);2*1H/t10-,12-;;/m1../s1. The van der Waals surface area contributed by atoms with E-state index in [1.807, 2.05) is 18.2 Å². The van der Waals surface area contributed by atoms with E-state index in [1.54, 1.807) is 0 Å². The monoisotopic (exact) mass is 404 g/mol. The van der Waals surface area contributed by atoms with Crippen LogP contribution < -0.4 is 16.4 Å². The first-order valence-corrected chi connectivity index (χ1v) is 8.57. The topological polar surface area (TPSA) is 97.1 Å². The molecule has 138 valence electrons. The van der Waals surface area contributed by atoms with Gasteiger partial charge >= 0.3 is 0 Å². The fraction of sp³-hybridized carbons (Fsp3) is 0.438. The molecule has 1 heterocycles. The SMILES string of the molecule is CC(=O)Nc1nc2ccc(NC(=O)[C@@H]3CCC[C@@H]3CN)cc2s1.Cl.Cl. The lowest BCUT2D eigenvalue weighted by atomic mass is 9.95. The zero-order chi connectivity index (χ0) is 16.4. The van der Waals surface area contributed by atoms with E-state index in [0.29, 0.717) is 11.7 Å². The highest BCUT2D eigenvalue weighted by Crippen LogP contribution is 2.33. The number of aromatic nitrogens is 1. The van der Waals surface area contributed by atoms with Gasteiger partial charge in [-0.3, -0.25) is 9.59 Å². The molecule has 1 fully saturated rings. The maximum atomic E-state index is 12.4. The van der Waals surface area contributed by atoms with E-state index in [4.69, 9.17) is 5.73 Å². The number of nitrogens with one attached hydrogen (secondary N) is 2. The van der Waals surface area contributed by atoms with Crippen LogP contribution >= 0.6 is 36.2 Å². The van der Waals surface area contributed by atoms with Crippen LogP contribution in [0.4, 0.5) is 10.8 Å². The van der Waals surface area contributed by atoms with Crippen LogP contribution in [-0.2, 0) is 9.59 Å². The van der Waals surface area contributed by atoms with Crippen molar-refractivity contribution in [1.29, 1.82) is 0 Å². The van der Waals surface area contributed by atoms with Gasteiger partial charge in [-0.1, -0.05) is 17.8 Å². The van der Waals surface area contributed by atoms with Gasteiger partial charge in [-0.05, 0) is 43.5 Å². The highest BCUT2D eigenvalue weighted by Gasteiger charge is 2.31. The van der Waals surface area contributed by atoms with E-state index in [-0.39, 0.29) is 48.5 Å². The Hall–Kier alpha value is -1.41. The minimum absolute atomic E-state index is 0. The maximum absolute atomic E-state index is 12.4. The average molecular weight is 405 g/mol. The van der Waals surface area contributed by atoms with Gasteiger partial charge < -0.3 is 16.4 Å². The molecule has 0 aliphatic heterocycles. The molecule has 0 bridgehead atoms. The van der Waals surface area contributed by atoms with Crippen molar-refractivity contribution in [3.05, 3.63) is 18.2 Å². The molecule has 2 amide bonds. The minimum atomic E-state index is -0.147. The number of fused-ring (bicyclic) bond motifs is 1. The fourth-order valence-corrected chi connectivity index (χ4v) is 4.06. The molecule has 9 heteroatoms. The van der Waals surface area contributed by atoms with Gasteiger partial charge in [-0.2, -0.15) is 0 Å². The fourth-order valence-electron chi connectivity index (χ4n) is 3.11. The summed E-state index contributed by atoms with van der Waals surface area (Å²) in [4.78, 5) is 27.9. The molecule has 2 aromatic rings. The number of hydrogen-bond acceptors (Lipinski definition) is 5. The minimum Gasteiger partial charge on any atom is -0.330 e. The van der Waals surface area contributed by atoms with Crippen molar-refractivity contribution in [1.82, 2.24) is 4.98 Å². The summed E-state index contributed by atoms with van der Waals surface area (Å²) in [7, 11) is 0. The van der Waals surface area contributed by atoms with Crippen LogP contribution in [0, 0.1) is 11.8 Å². The second-order valence-electron chi connectivity index (χ2n) is 5.91. The van der Waals surface area contributed by atoms with Gasteiger partial charge in [0.05, 0.1) is 10.2 Å². The number of carbonyl (C=O) groups is 2. The van der Waals surface area contributed by atoms with Gasteiger partial charge in [0.25, 0.3) is 0 Å². The van der Waals surface area contributed by atoms with Crippen molar-refractivity contribution < 1.29 is 9.59 Å². The van der Waals surface area contributed by atoms with E-state index < -0.39 is 0 Å². The number of halogens is 2. The molecule has 0 radical (unpaired) electrons. The average Bonchev–Trinajstić information content (AvgIpc) is 3.11. The van der Waals surface area contributed by atoms with Crippen LogP contribution in [-0.4, -0.2) is 23.3 Å². The van der Waals surface area contributed by atoms with E-state index in [2.05, 4.69) is 15.6 Å². The third-order valence-electron chi connectivity index (χ3n) is 4.24. The van der Waals surface area contributed by atoms with Crippen LogP contribution in [0.15, 0.2) is 18.2 Å². The van der Waals surface area contributed by atoms with Crippen molar-refractivity contribution in [2.45, 2.75) is 26.2 Å². The quantitative estimate of drug-likeness (QED) is 0.726. The Labute approximate surface area is 162 Å².